The third-order valence-electron chi connectivity index (χ3n) is 4.58. The van der Waals surface area contributed by atoms with Gasteiger partial charge in [-0.3, -0.25) is 9.44 Å². The lowest BCUT2D eigenvalue weighted by atomic mass is 10.1. The molecule has 0 spiro atoms. The molecule has 0 atom stereocenters. The van der Waals surface area contributed by atoms with Crippen molar-refractivity contribution in [3.05, 3.63) is 94.3 Å². The van der Waals surface area contributed by atoms with Crippen molar-refractivity contribution >= 4 is 66.0 Å². The van der Waals surface area contributed by atoms with Crippen LogP contribution < -0.4 is 9.44 Å². The highest BCUT2D eigenvalue weighted by Gasteiger charge is 2.22. The zero-order valence-corrected chi connectivity index (χ0v) is 20.7. The summed E-state index contributed by atoms with van der Waals surface area (Å²) in [6.45, 7) is 0. The lowest BCUT2D eigenvalue weighted by Gasteiger charge is -2.15. The maximum Gasteiger partial charge on any atom is 0.271 e. The Morgan fingerprint density at radius 3 is 1.73 bits per heavy atom. The minimum Gasteiger partial charge on any atom is -0.277 e. The molecule has 3 aromatic carbocycles. The minimum absolute atomic E-state index is 0.000294. The van der Waals surface area contributed by atoms with Crippen LogP contribution in [-0.2, 0) is 20.0 Å². The predicted octanol–water partition coefficient (Wildman–Crippen LogP) is 6.32. The highest BCUT2D eigenvalue weighted by Crippen LogP contribution is 2.35. The molecule has 0 unspecified atom stereocenters. The zero-order valence-electron chi connectivity index (χ0n) is 16.7. The third kappa shape index (κ3) is 5.34. The Balaban J connectivity index is 1.66. The lowest BCUT2D eigenvalue weighted by Crippen LogP contribution is -2.17. The van der Waals surface area contributed by atoms with Gasteiger partial charge in [-0.25, -0.2) is 16.8 Å². The Morgan fingerprint density at radius 2 is 1.18 bits per heavy atom. The summed E-state index contributed by atoms with van der Waals surface area (Å²) in [5.74, 6) is 0. The van der Waals surface area contributed by atoms with Gasteiger partial charge in [0.05, 0.1) is 26.3 Å². The molecule has 170 valence electrons. The average molecular weight is 539 g/mol. The predicted molar refractivity (Wildman–Crippen MR) is 134 cm³/mol. The van der Waals surface area contributed by atoms with E-state index in [-0.39, 0.29) is 30.5 Å². The van der Waals surface area contributed by atoms with E-state index in [1.54, 1.807) is 23.6 Å². The van der Waals surface area contributed by atoms with Crippen LogP contribution in [0.5, 0.6) is 0 Å². The maximum atomic E-state index is 13.0. The second-order valence-corrected chi connectivity index (χ2v) is 12.2. The topological polar surface area (TPSA) is 92.3 Å². The fourth-order valence-electron chi connectivity index (χ4n) is 2.99. The highest BCUT2D eigenvalue weighted by atomic mass is 35.5. The van der Waals surface area contributed by atoms with Crippen molar-refractivity contribution in [1.29, 1.82) is 0 Å². The Bertz CT molecular complexity index is 1490. The first-order chi connectivity index (χ1) is 15.7. The maximum absolute atomic E-state index is 13.0. The number of sulfonamides is 2. The summed E-state index contributed by atoms with van der Waals surface area (Å²) in [6.07, 6.45) is 0. The number of benzene rings is 3. The number of hydrogen-bond donors (Lipinski definition) is 2. The molecular weight excluding hydrogens is 523 g/mol. The second kappa shape index (κ2) is 9.36. The van der Waals surface area contributed by atoms with E-state index in [1.165, 1.54) is 30.3 Å². The summed E-state index contributed by atoms with van der Waals surface area (Å²) in [6, 6.07) is 21.4. The van der Waals surface area contributed by atoms with Gasteiger partial charge in [0, 0.05) is 0 Å². The quantitative estimate of drug-likeness (QED) is 0.287. The van der Waals surface area contributed by atoms with Gasteiger partial charge in [-0.1, -0.05) is 71.7 Å². The van der Waals surface area contributed by atoms with Crippen LogP contribution in [0, 0.1) is 0 Å². The Hall–Kier alpha value is -2.56. The number of anilines is 2. The van der Waals surface area contributed by atoms with Crippen molar-refractivity contribution in [3.63, 3.8) is 0 Å². The van der Waals surface area contributed by atoms with Crippen LogP contribution in [-0.4, -0.2) is 16.8 Å². The number of nitrogens with one attached hydrogen (secondary N) is 2. The molecule has 0 aliphatic carbocycles. The van der Waals surface area contributed by atoms with Crippen molar-refractivity contribution in [2.45, 2.75) is 9.10 Å². The van der Waals surface area contributed by atoms with Crippen molar-refractivity contribution in [1.82, 2.24) is 0 Å². The number of thiophene rings is 1. The van der Waals surface area contributed by atoms with Crippen molar-refractivity contribution in [2.24, 2.45) is 0 Å². The van der Waals surface area contributed by atoms with E-state index in [2.05, 4.69) is 9.44 Å². The molecule has 1 heterocycles. The SMILES string of the molecule is O=S(=O)(Nc1cc(Cl)c(Cl)cc1NS(=O)(=O)c1cccs1)c1ccc(-c2ccccc2)cc1. The van der Waals surface area contributed by atoms with Crippen LogP contribution in [0.25, 0.3) is 11.1 Å². The van der Waals surface area contributed by atoms with Crippen LogP contribution in [0.3, 0.4) is 0 Å². The van der Waals surface area contributed by atoms with Gasteiger partial charge in [0.1, 0.15) is 4.21 Å². The average Bonchev–Trinajstić information content (AvgIpc) is 3.34. The Morgan fingerprint density at radius 1 is 0.636 bits per heavy atom. The van der Waals surface area contributed by atoms with E-state index >= 15 is 0 Å². The van der Waals surface area contributed by atoms with E-state index in [4.69, 9.17) is 23.2 Å². The molecule has 0 amide bonds. The van der Waals surface area contributed by atoms with E-state index in [1.807, 2.05) is 30.3 Å². The molecule has 0 saturated carbocycles. The molecule has 6 nitrogen and oxygen atoms in total. The van der Waals surface area contributed by atoms with Crippen molar-refractivity contribution in [2.75, 3.05) is 9.44 Å². The zero-order chi connectivity index (χ0) is 23.6. The van der Waals surface area contributed by atoms with E-state index in [0.717, 1.165) is 22.5 Å². The van der Waals surface area contributed by atoms with Crippen molar-refractivity contribution in [3.8, 4) is 11.1 Å². The summed E-state index contributed by atoms with van der Waals surface area (Å²) in [5.41, 5.74) is 1.69. The van der Waals surface area contributed by atoms with Gasteiger partial charge >= 0.3 is 0 Å². The van der Waals surface area contributed by atoms with Gasteiger partial charge in [0.15, 0.2) is 0 Å². The standard InChI is InChI=1S/C22H16Cl2N2O4S3/c23-18-13-20(21(14-19(18)24)26-33(29,30)22-7-4-12-31-22)25-32(27,28)17-10-8-16(9-11-17)15-5-2-1-3-6-15/h1-14,25-26H. The minimum atomic E-state index is -4.06. The summed E-state index contributed by atoms with van der Waals surface area (Å²) in [7, 11) is -8.00. The summed E-state index contributed by atoms with van der Waals surface area (Å²) >= 11 is 13.2. The normalized spacial score (nSPS) is 11.8. The molecule has 2 N–H and O–H groups in total. The number of hydrogen-bond acceptors (Lipinski definition) is 5. The first kappa shape index (κ1) is 23.6. The van der Waals surface area contributed by atoms with Crippen LogP contribution in [0.1, 0.15) is 0 Å². The summed E-state index contributed by atoms with van der Waals surface area (Å²) in [4.78, 5) is 0.000294. The summed E-state index contributed by atoms with van der Waals surface area (Å²) < 4.78 is 56.2. The largest absolute Gasteiger partial charge is 0.277 e. The molecule has 1 aromatic heterocycles. The molecule has 4 aromatic rings. The van der Waals surface area contributed by atoms with Gasteiger partial charge in [-0.15, -0.1) is 11.3 Å². The monoisotopic (exact) mass is 538 g/mol. The van der Waals surface area contributed by atoms with Crippen LogP contribution in [0.2, 0.25) is 10.0 Å². The molecule has 0 radical (unpaired) electrons. The highest BCUT2D eigenvalue weighted by molar-refractivity contribution is 7.94. The molecule has 0 fully saturated rings. The first-order valence-corrected chi connectivity index (χ1v) is 14.0. The molecule has 0 aliphatic heterocycles. The van der Waals surface area contributed by atoms with E-state index in [9.17, 15) is 16.8 Å². The molecule has 4 rings (SSSR count). The lowest BCUT2D eigenvalue weighted by molar-refractivity contribution is 0.599. The number of rotatable bonds is 7. The van der Waals surface area contributed by atoms with Gasteiger partial charge in [0.25, 0.3) is 20.0 Å². The first-order valence-electron chi connectivity index (χ1n) is 9.39. The molecular formula is C22H16Cl2N2O4S3. The van der Waals surface area contributed by atoms with Crippen LogP contribution in [0.15, 0.2) is 93.3 Å². The fourth-order valence-corrected chi connectivity index (χ4v) is 6.45. The Kier molecular flexibility index (Phi) is 6.69. The molecule has 0 bridgehead atoms. The second-order valence-electron chi connectivity index (χ2n) is 6.85. The summed E-state index contributed by atoms with van der Waals surface area (Å²) in [5, 5.41) is 1.75. The van der Waals surface area contributed by atoms with Gasteiger partial charge in [0.2, 0.25) is 0 Å². The van der Waals surface area contributed by atoms with E-state index in [0.29, 0.717) is 0 Å². The van der Waals surface area contributed by atoms with Gasteiger partial charge < -0.3 is 0 Å². The number of halogens is 2. The molecule has 33 heavy (non-hydrogen) atoms. The molecule has 11 heteroatoms. The van der Waals surface area contributed by atoms with Crippen LogP contribution >= 0.6 is 34.5 Å². The van der Waals surface area contributed by atoms with Crippen molar-refractivity contribution < 1.29 is 16.8 Å². The van der Waals surface area contributed by atoms with Gasteiger partial charge in [-0.05, 0) is 46.8 Å². The molecule has 0 aliphatic rings. The fraction of sp³-hybridized carbons (Fsp3) is 0. The third-order valence-corrected chi connectivity index (χ3v) is 9.45. The molecule has 0 saturated heterocycles. The van der Waals surface area contributed by atoms with E-state index < -0.39 is 20.0 Å². The van der Waals surface area contributed by atoms with Gasteiger partial charge in [-0.2, -0.15) is 0 Å². The smallest absolute Gasteiger partial charge is 0.271 e. The Labute approximate surface area is 205 Å². The van der Waals surface area contributed by atoms with Crippen LogP contribution in [0.4, 0.5) is 11.4 Å².